The number of halogens is 1. The molecule has 94 valence electrons. The number of carboxylic acids is 1. The third-order valence-corrected chi connectivity index (χ3v) is 2.53. The van der Waals surface area contributed by atoms with Gasteiger partial charge < -0.3 is 10.3 Å². The van der Waals surface area contributed by atoms with Gasteiger partial charge in [0.05, 0.1) is 11.3 Å². The number of nitrogens with zero attached hydrogens (tertiary/aromatic N) is 1. The predicted molar refractivity (Wildman–Crippen MR) is 67.0 cm³/mol. The summed E-state index contributed by atoms with van der Waals surface area (Å²) in [5.41, 5.74) is 0.146. The lowest BCUT2D eigenvalue weighted by atomic mass is 10.0. The van der Waals surface area contributed by atoms with E-state index in [4.69, 9.17) is 21.9 Å². The third kappa shape index (κ3) is 3.18. The number of oxime groups is 1. The van der Waals surface area contributed by atoms with E-state index in [1.54, 1.807) is 24.3 Å². The molecule has 0 amide bonds. The number of hydrogen-bond acceptors (Lipinski definition) is 4. The van der Waals surface area contributed by atoms with E-state index in [2.05, 4.69) is 5.16 Å². The van der Waals surface area contributed by atoms with Gasteiger partial charge in [-0.2, -0.15) is 0 Å². The van der Waals surface area contributed by atoms with Gasteiger partial charge in [-0.1, -0.05) is 35.0 Å². The third-order valence-electron chi connectivity index (χ3n) is 2.18. The Bertz CT molecular complexity index is 549. The maximum absolute atomic E-state index is 11.5. The summed E-state index contributed by atoms with van der Waals surface area (Å²) in [5.74, 6) is -2.79. The summed E-state index contributed by atoms with van der Waals surface area (Å²) in [5, 5.41) is 20.5. The molecule has 0 unspecified atom stereocenters. The monoisotopic (exact) mass is 267 g/mol. The zero-order chi connectivity index (χ0) is 13.7. The number of aliphatic carboxylic acids is 1. The summed E-state index contributed by atoms with van der Waals surface area (Å²) >= 11 is 5.89. The Morgan fingerprint density at radius 3 is 2.44 bits per heavy atom. The maximum atomic E-state index is 11.5. The van der Waals surface area contributed by atoms with Crippen LogP contribution in [0.15, 0.2) is 35.0 Å². The van der Waals surface area contributed by atoms with E-state index in [0.717, 1.165) is 0 Å². The first kappa shape index (κ1) is 13.9. The molecule has 0 fully saturated rings. The van der Waals surface area contributed by atoms with Crippen molar-refractivity contribution in [3.05, 3.63) is 40.4 Å². The quantitative estimate of drug-likeness (QED) is 0.288. The fraction of sp³-hybridized carbons (Fsp3) is 0.0833. The van der Waals surface area contributed by atoms with Gasteiger partial charge in [-0.05, 0) is 24.6 Å². The molecule has 0 aliphatic heterocycles. The van der Waals surface area contributed by atoms with Gasteiger partial charge in [0, 0.05) is 5.02 Å². The van der Waals surface area contributed by atoms with Crippen molar-refractivity contribution in [3.8, 4) is 0 Å². The van der Waals surface area contributed by atoms with E-state index in [1.165, 1.54) is 13.0 Å². The van der Waals surface area contributed by atoms with Gasteiger partial charge in [0.15, 0.2) is 0 Å². The Labute approximate surface area is 108 Å². The molecule has 6 heteroatoms. The second-order valence-electron chi connectivity index (χ2n) is 3.40. The van der Waals surface area contributed by atoms with Crippen molar-refractivity contribution in [1.82, 2.24) is 0 Å². The zero-order valence-electron chi connectivity index (χ0n) is 9.42. The van der Waals surface area contributed by atoms with Crippen LogP contribution in [0.2, 0.25) is 5.02 Å². The van der Waals surface area contributed by atoms with Crippen molar-refractivity contribution in [2.45, 2.75) is 6.92 Å². The molecule has 2 N–H and O–H groups in total. The Morgan fingerprint density at radius 1 is 1.33 bits per heavy atom. The number of hydrogen-bond donors (Lipinski definition) is 2. The normalized spacial score (nSPS) is 12.3. The number of rotatable bonds is 4. The van der Waals surface area contributed by atoms with Crippen LogP contribution in [-0.4, -0.2) is 27.8 Å². The van der Waals surface area contributed by atoms with Crippen LogP contribution in [-0.2, 0) is 9.59 Å². The van der Waals surface area contributed by atoms with Gasteiger partial charge in [0.1, 0.15) is 0 Å². The fourth-order valence-electron chi connectivity index (χ4n) is 1.25. The Hall–Kier alpha value is -2.14. The molecule has 0 saturated heterocycles. The zero-order valence-corrected chi connectivity index (χ0v) is 10.2. The minimum Gasteiger partial charge on any atom is -0.475 e. The van der Waals surface area contributed by atoms with Crippen LogP contribution in [0, 0.1) is 0 Å². The average molecular weight is 268 g/mol. The lowest BCUT2D eigenvalue weighted by molar-refractivity contribution is -0.147. The molecule has 0 spiro atoms. The van der Waals surface area contributed by atoms with Crippen molar-refractivity contribution in [2.24, 2.45) is 5.16 Å². The average Bonchev–Trinajstić information content (AvgIpc) is 2.36. The maximum Gasteiger partial charge on any atom is 0.377 e. The molecule has 1 aromatic rings. The van der Waals surface area contributed by atoms with Crippen LogP contribution in [0.25, 0.3) is 6.08 Å². The van der Waals surface area contributed by atoms with Crippen molar-refractivity contribution in [3.63, 3.8) is 0 Å². The first-order valence-electron chi connectivity index (χ1n) is 4.90. The van der Waals surface area contributed by atoms with Crippen molar-refractivity contribution >= 4 is 35.1 Å². The number of benzene rings is 1. The summed E-state index contributed by atoms with van der Waals surface area (Å²) in [7, 11) is 0. The second kappa shape index (κ2) is 5.97. The molecule has 0 radical (unpaired) electrons. The Morgan fingerprint density at radius 2 is 1.94 bits per heavy atom. The van der Waals surface area contributed by atoms with Gasteiger partial charge in [-0.25, -0.2) is 4.79 Å². The Balaban J connectivity index is 3.32. The van der Waals surface area contributed by atoms with Gasteiger partial charge in [0.25, 0.3) is 5.78 Å². The summed E-state index contributed by atoms with van der Waals surface area (Å²) in [6, 6.07) is 6.60. The standard InChI is InChI=1S/C12H10ClNO4/c1-7(14-18)9(11(15)12(16)17)6-8-4-2-3-5-10(8)13/h2-6,18H,1H3,(H,16,17). The molecule has 0 aliphatic rings. The van der Waals surface area contributed by atoms with E-state index in [9.17, 15) is 9.59 Å². The molecule has 18 heavy (non-hydrogen) atoms. The second-order valence-corrected chi connectivity index (χ2v) is 3.81. The molecule has 0 aliphatic carbocycles. The summed E-state index contributed by atoms with van der Waals surface area (Å²) in [4.78, 5) is 22.1. The van der Waals surface area contributed by atoms with E-state index in [1.807, 2.05) is 0 Å². The topological polar surface area (TPSA) is 87.0 Å². The molecular formula is C12H10ClNO4. The first-order valence-corrected chi connectivity index (χ1v) is 5.28. The van der Waals surface area contributed by atoms with Crippen LogP contribution in [0.1, 0.15) is 12.5 Å². The van der Waals surface area contributed by atoms with Crippen molar-refractivity contribution in [1.29, 1.82) is 0 Å². The van der Waals surface area contributed by atoms with Crippen LogP contribution in [0.4, 0.5) is 0 Å². The largest absolute Gasteiger partial charge is 0.475 e. The number of Topliss-reactive ketones (excluding diaryl/α,β-unsaturated/α-hetero) is 1. The molecule has 0 bridgehead atoms. The highest BCUT2D eigenvalue weighted by atomic mass is 35.5. The number of ketones is 1. The highest BCUT2D eigenvalue weighted by molar-refractivity contribution is 6.48. The van der Waals surface area contributed by atoms with Crippen LogP contribution < -0.4 is 0 Å². The van der Waals surface area contributed by atoms with Crippen LogP contribution in [0.5, 0.6) is 0 Å². The minimum absolute atomic E-state index is 0.0951. The van der Waals surface area contributed by atoms with Crippen LogP contribution >= 0.6 is 11.6 Å². The van der Waals surface area contributed by atoms with E-state index in [-0.39, 0.29) is 11.3 Å². The lowest BCUT2D eigenvalue weighted by Crippen LogP contribution is -2.19. The Kier molecular flexibility index (Phi) is 4.62. The van der Waals surface area contributed by atoms with E-state index >= 15 is 0 Å². The molecule has 5 nitrogen and oxygen atoms in total. The van der Waals surface area contributed by atoms with Crippen molar-refractivity contribution in [2.75, 3.05) is 0 Å². The number of carbonyl (C=O) groups excluding carboxylic acids is 1. The van der Waals surface area contributed by atoms with Gasteiger partial charge in [-0.3, -0.25) is 4.79 Å². The minimum atomic E-state index is -1.63. The molecule has 1 rings (SSSR count). The van der Waals surface area contributed by atoms with Crippen LogP contribution in [0.3, 0.4) is 0 Å². The highest BCUT2D eigenvalue weighted by Crippen LogP contribution is 2.19. The van der Waals surface area contributed by atoms with E-state index < -0.39 is 11.8 Å². The van der Waals surface area contributed by atoms with Crippen molar-refractivity contribution < 1.29 is 19.9 Å². The SMILES string of the molecule is CC(=NO)C(=Cc1ccccc1Cl)C(=O)C(=O)O. The van der Waals surface area contributed by atoms with E-state index in [0.29, 0.717) is 10.6 Å². The summed E-state index contributed by atoms with van der Waals surface area (Å²) in [6.07, 6.45) is 1.27. The molecule has 0 atom stereocenters. The van der Waals surface area contributed by atoms with Gasteiger partial charge in [-0.15, -0.1) is 0 Å². The molecular weight excluding hydrogens is 258 g/mol. The molecule has 1 aromatic carbocycles. The molecule has 0 aromatic heterocycles. The fourth-order valence-corrected chi connectivity index (χ4v) is 1.44. The number of carboxylic acid groups (broad SMARTS) is 1. The first-order chi connectivity index (χ1) is 8.47. The smallest absolute Gasteiger partial charge is 0.377 e. The summed E-state index contributed by atoms with van der Waals surface area (Å²) in [6.45, 7) is 1.32. The molecule has 0 heterocycles. The number of carbonyl (C=O) groups is 2. The predicted octanol–water partition coefficient (Wildman–Crippen LogP) is 2.23. The lowest BCUT2D eigenvalue weighted by Gasteiger charge is -2.03. The van der Waals surface area contributed by atoms with Gasteiger partial charge in [0.2, 0.25) is 0 Å². The summed E-state index contributed by atoms with van der Waals surface area (Å²) < 4.78 is 0. The highest BCUT2D eigenvalue weighted by Gasteiger charge is 2.20. The molecule has 0 saturated carbocycles. The van der Waals surface area contributed by atoms with Gasteiger partial charge >= 0.3 is 5.97 Å².